The highest BCUT2D eigenvalue weighted by Crippen LogP contribution is 2.11. The van der Waals surface area contributed by atoms with Crippen molar-refractivity contribution in [3.8, 4) is 0 Å². The number of unbranched alkanes of at least 4 members (excludes halogenated alkanes) is 1. The zero-order valence-corrected chi connectivity index (χ0v) is 15.3. The first-order valence-corrected chi connectivity index (χ1v) is 8.66. The molecule has 6 nitrogen and oxygen atoms in total. The quantitative estimate of drug-likeness (QED) is 0.458. The van der Waals surface area contributed by atoms with Gasteiger partial charge >= 0.3 is 5.97 Å². The van der Waals surface area contributed by atoms with Gasteiger partial charge in [0.15, 0.2) is 5.76 Å². The summed E-state index contributed by atoms with van der Waals surface area (Å²) >= 11 is 0. The molecule has 6 heteroatoms. The number of rotatable bonds is 11. The highest BCUT2D eigenvalue weighted by Gasteiger charge is 2.23. The first-order chi connectivity index (χ1) is 11.5. The van der Waals surface area contributed by atoms with Gasteiger partial charge in [-0.2, -0.15) is 0 Å². The second kappa shape index (κ2) is 10.9. The third-order valence-electron chi connectivity index (χ3n) is 4.16. The smallest absolute Gasteiger partial charge is 0.310 e. The molecule has 1 amide bonds. The van der Waals surface area contributed by atoms with Gasteiger partial charge in [0.25, 0.3) is 5.91 Å². The molecular weight excluding hydrogens is 308 g/mol. The number of hydrogen-bond donors (Lipinski definition) is 0. The average Bonchev–Trinajstić information content (AvgIpc) is 3.13. The van der Waals surface area contributed by atoms with Crippen LogP contribution in [0, 0.1) is 5.92 Å². The van der Waals surface area contributed by atoms with E-state index in [0.717, 1.165) is 32.5 Å². The fraction of sp³-hybridized carbons (Fsp3) is 0.667. The number of nitrogens with zero attached hydrogens (tertiary/aromatic N) is 2. The molecule has 0 spiro atoms. The lowest BCUT2D eigenvalue weighted by atomic mass is 10.1. The average molecular weight is 338 g/mol. The molecule has 1 atom stereocenters. The second-order valence-corrected chi connectivity index (χ2v) is 5.89. The predicted molar refractivity (Wildman–Crippen MR) is 92.8 cm³/mol. The Morgan fingerprint density at radius 2 is 1.88 bits per heavy atom. The van der Waals surface area contributed by atoms with Crippen molar-refractivity contribution in [1.82, 2.24) is 9.80 Å². The standard InChI is InChI=1S/C18H30N2O4/c1-5-19(6-2)11-7-8-12-20(14-15(3)18(22)23-4)17(21)16-10-9-13-24-16/h9-10,13,15H,5-8,11-12,14H2,1-4H3. The number of methoxy groups -OCH3 is 1. The summed E-state index contributed by atoms with van der Waals surface area (Å²) in [5.74, 6) is -0.554. The SMILES string of the molecule is CCN(CC)CCCCN(CC(C)C(=O)OC)C(=O)c1ccco1. The Morgan fingerprint density at radius 1 is 1.21 bits per heavy atom. The molecule has 1 rings (SSSR count). The Hall–Kier alpha value is -1.82. The fourth-order valence-electron chi connectivity index (χ4n) is 2.62. The van der Waals surface area contributed by atoms with Crippen LogP contribution in [0.2, 0.25) is 0 Å². The van der Waals surface area contributed by atoms with Crippen LogP contribution in [0.5, 0.6) is 0 Å². The van der Waals surface area contributed by atoms with Crippen molar-refractivity contribution in [2.24, 2.45) is 5.92 Å². The lowest BCUT2D eigenvalue weighted by Gasteiger charge is -2.25. The molecule has 1 heterocycles. The molecule has 0 aliphatic rings. The molecule has 0 saturated heterocycles. The minimum Gasteiger partial charge on any atom is -0.469 e. The topological polar surface area (TPSA) is 63.0 Å². The van der Waals surface area contributed by atoms with Crippen molar-refractivity contribution in [2.45, 2.75) is 33.6 Å². The maximum atomic E-state index is 12.6. The van der Waals surface area contributed by atoms with E-state index in [9.17, 15) is 9.59 Å². The summed E-state index contributed by atoms with van der Waals surface area (Å²) in [6, 6.07) is 3.34. The molecule has 0 aliphatic carbocycles. The molecule has 0 bridgehead atoms. The summed E-state index contributed by atoms with van der Waals surface area (Å²) in [5.41, 5.74) is 0. The van der Waals surface area contributed by atoms with Crippen LogP contribution >= 0.6 is 0 Å². The van der Waals surface area contributed by atoms with Gasteiger partial charge in [-0.05, 0) is 44.6 Å². The van der Waals surface area contributed by atoms with Gasteiger partial charge in [0, 0.05) is 13.1 Å². The Labute approximate surface area is 144 Å². The van der Waals surface area contributed by atoms with Crippen LogP contribution in [0.1, 0.15) is 44.2 Å². The Balaban J connectivity index is 2.60. The van der Waals surface area contributed by atoms with Crippen LogP contribution in [0.15, 0.2) is 22.8 Å². The van der Waals surface area contributed by atoms with Crippen molar-refractivity contribution in [3.63, 3.8) is 0 Å². The molecule has 0 N–H and O–H groups in total. The number of furan rings is 1. The van der Waals surface area contributed by atoms with E-state index in [0.29, 0.717) is 18.8 Å². The monoisotopic (exact) mass is 338 g/mol. The van der Waals surface area contributed by atoms with Crippen LogP contribution in [-0.4, -0.2) is 61.5 Å². The largest absolute Gasteiger partial charge is 0.469 e. The molecular formula is C18H30N2O4. The van der Waals surface area contributed by atoms with E-state index in [1.807, 2.05) is 0 Å². The first kappa shape index (κ1) is 20.2. The van der Waals surface area contributed by atoms with E-state index in [-0.39, 0.29) is 17.8 Å². The molecule has 0 fully saturated rings. The maximum absolute atomic E-state index is 12.6. The third-order valence-corrected chi connectivity index (χ3v) is 4.16. The van der Waals surface area contributed by atoms with Gasteiger partial charge in [-0.1, -0.05) is 20.8 Å². The molecule has 1 aromatic heterocycles. The van der Waals surface area contributed by atoms with E-state index in [1.165, 1.54) is 13.4 Å². The van der Waals surface area contributed by atoms with Crippen molar-refractivity contribution >= 4 is 11.9 Å². The van der Waals surface area contributed by atoms with Crippen LogP contribution in [0.4, 0.5) is 0 Å². The number of amides is 1. The second-order valence-electron chi connectivity index (χ2n) is 5.89. The van der Waals surface area contributed by atoms with Gasteiger partial charge in [0.1, 0.15) is 0 Å². The number of carbonyl (C=O) groups is 2. The highest BCUT2D eigenvalue weighted by molar-refractivity contribution is 5.91. The number of esters is 1. The molecule has 24 heavy (non-hydrogen) atoms. The van der Waals surface area contributed by atoms with Crippen molar-refractivity contribution in [1.29, 1.82) is 0 Å². The van der Waals surface area contributed by atoms with Gasteiger partial charge in [-0.25, -0.2) is 0 Å². The maximum Gasteiger partial charge on any atom is 0.310 e. The minimum atomic E-state index is -0.364. The first-order valence-electron chi connectivity index (χ1n) is 8.66. The van der Waals surface area contributed by atoms with Gasteiger partial charge in [0.05, 0.1) is 19.3 Å². The summed E-state index contributed by atoms with van der Waals surface area (Å²) in [6.45, 7) is 10.1. The van der Waals surface area contributed by atoms with E-state index in [1.54, 1.807) is 24.0 Å². The summed E-state index contributed by atoms with van der Waals surface area (Å²) in [5, 5.41) is 0. The molecule has 0 aromatic carbocycles. The Kier molecular flexibility index (Phi) is 9.15. The zero-order valence-electron chi connectivity index (χ0n) is 15.3. The summed E-state index contributed by atoms with van der Waals surface area (Å²) < 4.78 is 9.97. The molecule has 0 saturated carbocycles. The number of ether oxygens (including phenoxy) is 1. The Bertz CT molecular complexity index is 483. The van der Waals surface area contributed by atoms with Gasteiger partial charge in [-0.3, -0.25) is 9.59 Å². The minimum absolute atomic E-state index is 0.182. The van der Waals surface area contributed by atoms with Gasteiger partial charge in [-0.15, -0.1) is 0 Å². The third kappa shape index (κ3) is 6.35. The van der Waals surface area contributed by atoms with Crippen LogP contribution < -0.4 is 0 Å². The lowest BCUT2D eigenvalue weighted by molar-refractivity contribution is -0.145. The predicted octanol–water partition coefficient (Wildman–Crippen LogP) is 2.65. The van der Waals surface area contributed by atoms with E-state index in [2.05, 4.69) is 18.7 Å². The van der Waals surface area contributed by atoms with Crippen LogP contribution in [-0.2, 0) is 9.53 Å². The Morgan fingerprint density at radius 3 is 2.42 bits per heavy atom. The zero-order chi connectivity index (χ0) is 17.9. The van der Waals surface area contributed by atoms with Crippen LogP contribution in [0.3, 0.4) is 0 Å². The van der Waals surface area contributed by atoms with Crippen molar-refractivity contribution in [2.75, 3.05) is 39.8 Å². The van der Waals surface area contributed by atoms with E-state index in [4.69, 9.17) is 9.15 Å². The molecule has 136 valence electrons. The number of hydrogen-bond acceptors (Lipinski definition) is 5. The van der Waals surface area contributed by atoms with Crippen LogP contribution in [0.25, 0.3) is 0 Å². The van der Waals surface area contributed by atoms with Gasteiger partial charge < -0.3 is 19.0 Å². The summed E-state index contributed by atoms with van der Waals surface area (Å²) in [4.78, 5) is 28.3. The normalized spacial score (nSPS) is 12.2. The summed E-state index contributed by atoms with van der Waals surface area (Å²) in [6.07, 6.45) is 3.38. The van der Waals surface area contributed by atoms with Crippen molar-refractivity contribution in [3.05, 3.63) is 24.2 Å². The molecule has 0 radical (unpaired) electrons. The highest BCUT2D eigenvalue weighted by atomic mass is 16.5. The molecule has 0 aliphatic heterocycles. The fourth-order valence-corrected chi connectivity index (χ4v) is 2.62. The summed E-state index contributed by atoms with van der Waals surface area (Å²) in [7, 11) is 1.36. The number of carbonyl (C=O) groups excluding carboxylic acids is 2. The van der Waals surface area contributed by atoms with Gasteiger partial charge in [0.2, 0.25) is 0 Å². The van der Waals surface area contributed by atoms with E-state index < -0.39 is 0 Å². The van der Waals surface area contributed by atoms with Crippen molar-refractivity contribution < 1.29 is 18.7 Å². The molecule has 1 aromatic rings. The van der Waals surface area contributed by atoms with E-state index >= 15 is 0 Å². The molecule has 1 unspecified atom stereocenters. The lowest BCUT2D eigenvalue weighted by Crippen LogP contribution is -2.38.